The fourth-order valence-corrected chi connectivity index (χ4v) is 5.35. The van der Waals surface area contributed by atoms with Gasteiger partial charge in [0.05, 0.1) is 12.6 Å². The van der Waals surface area contributed by atoms with E-state index in [0.717, 1.165) is 31.7 Å². The van der Waals surface area contributed by atoms with E-state index < -0.39 is 36.9 Å². The van der Waals surface area contributed by atoms with Gasteiger partial charge in [-0.1, -0.05) is 30.3 Å². The third-order valence-electron chi connectivity index (χ3n) is 7.00. The number of halogens is 5. The molecule has 0 bridgehead atoms. The Hall–Kier alpha value is -1.82. The summed E-state index contributed by atoms with van der Waals surface area (Å²) in [6, 6.07) is 7.91. The van der Waals surface area contributed by atoms with Gasteiger partial charge in [-0.3, -0.25) is 14.7 Å². The summed E-state index contributed by atoms with van der Waals surface area (Å²) in [6.07, 6.45) is -5.80. The summed E-state index contributed by atoms with van der Waals surface area (Å²) in [5.41, 5.74) is 0.922. The number of ether oxygens (including phenoxy) is 1. The molecule has 0 radical (unpaired) electrons. The van der Waals surface area contributed by atoms with Crippen molar-refractivity contribution in [1.29, 1.82) is 0 Å². The van der Waals surface area contributed by atoms with Crippen LogP contribution in [0, 0.1) is 0 Å². The lowest BCUT2D eigenvalue weighted by Gasteiger charge is -2.50. The average molecular weight is 491 g/mol. The van der Waals surface area contributed by atoms with E-state index in [9.17, 15) is 18.0 Å². The van der Waals surface area contributed by atoms with Crippen molar-refractivity contribution in [2.24, 2.45) is 0 Å². The zero-order valence-corrected chi connectivity index (χ0v) is 18.9. The lowest BCUT2D eigenvalue weighted by molar-refractivity contribution is -0.229. The first-order valence-electron chi connectivity index (χ1n) is 11.8. The second-order valence-corrected chi connectivity index (χ2v) is 9.32. The number of hydrogen-bond acceptors (Lipinski definition) is 6. The molecule has 3 fully saturated rings. The Bertz CT molecular complexity index is 819. The number of nitrogens with one attached hydrogen (secondary N) is 1. The highest BCUT2D eigenvalue weighted by atomic mass is 19.4. The van der Waals surface area contributed by atoms with E-state index in [0.29, 0.717) is 19.5 Å². The van der Waals surface area contributed by atoms with Crippen LogP contribution in [0.25, 0.3) is 0 Å². The van der Waals surface area contributed by atoms with Crippen molar-refractivity contribution in [3.63, 3.8) is 0 Å². The molecule has 4 rings (SSSR count). The van der Waals surface area contributed by atoms with Crippen LogP contribution in [-0.4, -0.2) is 96.9 Å². The minimum absolute atomic E-state index is 0.0816. The molecule has 11 heteroatoms. The molecule has 3 unspecified atom stereocenters. The molecular weight excluding hydrogens is 459 g/mol. The average Bonchev–Trinajstić information content (AvgIpc) is 2.79. The normalized spacial score (nSPS) is 29.6. The van der Waals surface area contributed by atoms with E-state index in [-0.39, 0.29) is 25.4 Å². The van der Waals surface area contributed by atoms with Crippen molar-refractivity contribution < 1.29 is 31.5 Å². The van der Waals surface area contributed by atoms with Crippen LogP contribution < -0.4 is 5.32 Å². The number of esters is 1. The number of nitrogens with zero attached hydrogens (tertiary/aromatic N) is 3. The Morgan fingerprint density at radius 3 is 2.41 bits per heavy atom. The van der Waals surface area contributed by atoms with Crippen molar-refractivity contribution in [2.45, 2.75) is 56.2 Å². The predicted molar refractivity (Wildman–Crippen MR) is 115 cm³/mol. The van der Waals surface area contributed by atoms with Crippen molar-refractivity contribution in [3.8, 4) is 0 Å². The summed E-state index contributed by atoms with van der Waals surface area (Å²) in [5.74, 6) is -5.48. The summed E-state index contributed by atoms with van der Waals surface area (Å²) in [5, 5.41) is 3.22. The largest absolute Gasteiger partial charge is 0.490 e. The van der Waals surface area contributed by atoms with E-state index >= 15 is 8.78 Å². The second-order valence-electron chi connectivity index (χ2n) is 9.32. The lowest BCUT2D eigenvalue weighted by Crippen LogP contribution is -2.64. The van der Waals surface area contributed by atoms with Gasteiger partial charge < -0.3 is 10.1 Å². The summed E-state index contributed by atoms with van der Waals surface area (Å²) in [6.45, 7) is 3.37. The maximum atomic E-state index is 15.3. The van der Waals surface area contributed by atoms with Gasteiger partial charge in [0.15, 0.2) is 6.23 Å². The molecular formula is C23H31F5N4O2. The number of rotatable bonds is 5. The molecule has 1 aromatic rings. The summed E-state index contributed by atoms with van der Waals surface area (Å²) in [7, 11) is 0. The van der Waals surface area contributed by atoms with Crippen LogP contribution in [0.4, 0.5) is 22.0 Å². The Morgan fingerprint density at radius 2 is 1.76 bits per heavy atom. The van der Waals surface area contributed by atoms with Gasteiger partial charge in [0, 0.05) is 58.3 Å². The van der Waals surface area contributed by atoms with Crippen LogP contribution in [0.15, 0.2) is 30.3 Å². The first-order chi connectivity index (χ1) is 16.1. The van der Waals surface area contributed by atoms with Gasteiger partial charge in [-0.05, 0) is 18.4 Å². The van der Waals surface area contributed by atoms with Crippen molar-refractivity contribution in [3.05, 3.63) is 35.9 Å². The number of piperidine rings is 2. The molecule has 3 aliphatic rings. The van der Waals surface area contributed by atoms with Gasteiger partial charge in [-0.15, -0.1) is 0 Å². The number of alkyl halides is 5. The van der Waals surface area contributed by atoms with Crippen LogP contribution in [0.1, 0.15) is 24.8 Å². The third kappa shape index (κ3) is 6.05. The topological polar surface area (TPSA) is 48.1 Å². The van der Waals surface area contributed by atoms with E-state index in [1.54, 1.807) is 4.90 Å². The number of hydrogen-bond donors (Lipinski definition) is 1. The Kier molecular flexibility index (Phi) is 7.75. The minimum atomic E-state index is -5.17. The van der Waals surface area contributed by atoms with Gasteiger partial charge in [-0.25, -0.2) is 13.6 Å². The Balaban J connectivity index is 1.46. The zero-order valence-electron chi connectivity index (χ0n) is 18.9. The maximum absolute atomic E-state index is 15.3. The molecule has 190 valence electrons. The second kappa shape index (κ2) is 10.4. The molecule has 0 amide bonds. The molecule has 3 saturated heterocycles. The zero-order chi connectivity index (χ0) is 24.3. The van der Waals surface area contributed by atoms with Gasteiger partial charge in [-0.2, -0.15) is 13.2 Å². The maximum Gasteiger partial charge on any atom is 0.490 e. The molecule has 0 saturated carbocycles. The highest BCUT2D eigenvalue weighted by Crippen LogP contribution is 2.37. The molecule has 0 spiro atoms. The number of likely N-dealkylation sites (tertiary alicyclic amines) is 2. The number of piperazine rings is 1. The van der Waals surface area contributed by atoms with E-state index in [4.69, 9.17) is 4.74 Å². The summed E-state index contributed by atoms with van der Waals surface area (Å²) >= 11 is 0. The Labute approximate surface area is 196 Å². The predicted octanol–water partition coefficient (Wildman–Crippen LogP) is 2.70. The van der Waals surface area contributed by atoms with Gasteiger partial charge >= 0.3 is 12.1 Å². The molecule has 34 heavy (non-hydrogen) atoms. The quantitative estimate of drug-likeness (QED) is 0.506. The molecule has 3 aliphatic heterocycles. The monoisotopic (exact) mass is 490 g/mol. The highest BCUT2D eigenvalue weighted by molar-refractivity contribution is 5.75. The smallest absolute Gasteiger partial charge is 0.440 e. The van der Waals surface area contributed by atoms with Crippen molar-refractivity contribution >= 4 is 5.97 Å². The first-order valence-corrected chi connectivity index (χ1v) is 11.8. The molecule has 3 atom stereocenters. The summed E-state index contributed by atoms with van der Waals surface area (Å²) in [4.78, 5) is 16.8. The standard InChI is InChI=1S/C23H31F5N4O2/c24-22(25)16-30(15-17-4-2-1-3-5-17)10-7-19(22)32-11-6-18(31-12-8-29-9-13-31)14-20(32)34-21(33)23(26,27)28/h1-5,18-20,29H,6-16H2. The van der Waals surface area contributed by atoms with Crippen LogP contribution >= 0.6 is 0 Å². The van der Waals surface area contributed by atoms with Crippen molar-refractivity contribution in [2.75, 3.05) is 45.8 Å². The molecule has 0 aromatic heterocycles. The number of carbonyl (C=O) groups is 1. The van der Waals surface area contributed by atoms with E-state index in [1.807, 2.05) is 30.3 Å². The number of carbonyl (C=O) groups excluding carboxylic acids is 1. The van der Waals surface area contributed by atoms with E-state index in [1.165, 1.54) is 4.90 Å². The van der Waals surface area contributed by atoms with Gasteiger partial charge in [0.2, 0.25) is 0 Å². The number of benzene rings is 1. The van der Waals surface area contributed by atoms with Crippen LogP contribution in [-0.2, 0) is 16.1 Å². The lowest BCUT2D eigenvalue weighted by atomic mass is 9.93. The Morgan fingerprint density at radius 1 is 1.06 bits per heavy atom. The summed E-state index contributed by atoms with van der Waals surface area (Å²) < 4.78 is 74.4. The van der Waals surface area contributed by atoms with Crippen LogP contribution in [0.2, 0.25) is 0 Å². The van der Waals surface area contributed by atoms with Gasteiger partial charge in [0.25, 0.3) is 5.92 Å². The molecule has 1 aromatic carbocycles. The fourth-order valence-electron chi connectivity index (χ4n) is 5.35. The van der Waals surface area contributed by atoms with Crippen LogP contribution in [0.5, 0.6) is 0 Å². The van der Waals surface area contributed by atoms with Crippen LogP contribution in [0.3, 0.4) is 0 Å². The highest BCUT2D eigenvalue weighted by Gasteiger charge is 2.52. The molecule has 6 nitrogen and oxygen atoms in total. The minimum Gasteiger partial charge on any atom is -0.440 e. The van der Waals surface area contributed by atoms with Crippen molar-refractivity contribution in [1.82, 2.24) is 20.0 Å². The fraction of sp³-hybridized carbons (Fsp3) is 0.696. The third-order valence-corrected chi connectivity index (χ3v) is 7.00. The van der Waals surface area contributed by atoms with E-state index in [2.05, 4.69) is 10.2 Å². The first kappa shape index (κ1) is 25.3. The van der Waals surface area contributed by atoms with Gasteiger partial charge in [0.1, 0.15) is 0 Å². The molecule has 3 heterocycles. The SMILES string of the molecule is O=C(OC1CC(N2CCNCC2)CCN1C1CCN(Cc2ccccc2)CC1(F)F)C(F)(F)F. The molecule has 1 N–H and O–H groups in total. The molecule has 0 aliphatic carbocycles.